The molecule has 0 saturated carbocycles. The first-order valence-corrected chi connectivity index (χ1v) is 10.5. The van der Waals surface area contributed by atoms with Crippen LogP contribution >= 0.6 is 0 Å². The van der Waals surface area contributed by atoms with Crippen molar-refractivity contribution < 1.29 is 17.9 Å². The standard InChI is InChI=1S/C16H28N2O4S/c1-13-12-17(14-5-9-22-10-6-14)7-8-18(13)16(19)15-4-2-3-11-23(15,20)21/h13-15H,2-12H2,1H3/t13-,15?/m0/s1. The second-order valence-corrected chi connectivity index (χ2v) is 9.37. The first-order valence-electron chi connectivity index (χ1n) is 8.83. The molecule has 3 rings (SSSR count). The van der Waals surface area contributed by atoms with Crippen LogP contribution in [0.4, 0.5) is 0 Å². The molecule has 0 bridgehead atoms. The summed E-state index contributed by atoms with van der Waals surface area (Å²) in [6, 6.07) is 0.623. The Morgan fingerprint density at radius 3 is 2.48 bits per heavy atom. The van der Waals surface area contributed by atoms with Crippen LogP contribution < -0.4 is 0 Å². The third-order valence-corrected chi connectivity index (χ3v) is 7.67. The molecule has 0 aromatic carbocycles. The van der Waals surface area contributed by atoms with Crippen LogP contribution in [0.25, 0.3) is 0 Å². The maximum atomic E-state index is 12.8. The van der Waals surface area contributed by atoms with Gasteiger partial charge in [-0.25, -0.2) is 8.42 Å². The topological polar surface area (TPSA) is 66.9 Å². The lowest BCUT2D eigenvalue weighted by Gasteiger charge is -2.45. The molecule has 23 heavy (non-hydrogen) atoms. The summed E-state index contributed by atoms with van der Waals surface area (Å²) in [6.07, 6.45) is 4.13. The van der Waals surface area contributed by atoms with Crippen molar-refractivity contribution in [2.45, 2.75) is 56.4 Å². The Morgan fingerprint density at radius 2 is 1.83 bits per heavy atom. The predicted molar refractivity (Wildman–Crippen MR) is 88.0 cm³/mol. The molecule has 1 amide bonds. The molecule has 1 unspecified atom stereocenters. The molecule has 3 saturated heterocycles. The van der Waals surface area contributed by atoms with Crippen molar-refractivity contribution in [2.75, 3.05) is 38.6 Å². The zero-order valence-corrected chi connectivity index (χ0v) is 14.8. The summed E-state index contributed by atoms with van der Waals surface area (Å²) in [5, 5.41) is -0.798. The predicted octanol–water partition coefficient (Wildman–Crippen LogP) is 0.665. The van der Waals surface area contributed by atoms with E-state index in [1.165, 1.54) is 0 Å². The van der Waals surface area contributed by atoms with Crippen molar-refractivity contribution in [2.24, 2.45) is 0 Å². The molecule has 0 radical (unpaired) electrons. The van der Waals surface area contributed by atoms with E-state index < -0.39 is 15.1 Å². The fourth-order valence-electron chi connectivity index (χ4n) is 4.11. The van der Waals surface area contributed by atoms with E-state index in [2.05, 4.69) is 4.90 Å². The van der Waals surface area contributed by atoms with Crippen LogP contribution in [0, 0.1) is 0 Å². The van der Waals surface area contributed by atoms with Gasteiger partial charge in [0.15, 0.2) is 9.84 Å². The number of ether oxygens (including phenoxy) is 1. The summed E-state index contributed by atoms with van der Waals surface area (Å²) in [7, 11) is -3.25. The van der Waals surface area contributed by atoms with Gasteiger partial charge in [0.05, 0.1) is 5.75 Å². The van der Waals surface area contributed by atoms with Crippen molar-refractivity contribution in [1.29, 1.82) is 0 Å². The molecule has 132 valence electrons. The molecule has 6 nitrogen and oxygen atoms in total. The zero-order chi connectivity index (χ0) is 16.4. The molecule has 3 heterocycles. The summed E-state index contributed by atoms with van der Waals surface area (Å²) in [5.41, 5.74) is 0. The number of piperazine rings is 1. The van der Waals surface area contributed by atoms with Gasteiger partial charge in [0.25, 0.3) is 0 Å². The Balaban J connectivity index is 1.62. The highest BCUT2D eigenvalue weighted by molar-refractivity contribution is 7.92. The van der Waals surface area contributed by atoms with Crippen LogP contribution in [0.2, 0.25) is 0 Å². The maximum absolute atomic E-state index is 12.8. The van der Waals surface area contributed by atoms with Gasteiger partial charge in [0.2, 0.25) is 5.91 Å². The quantitative estimate of drug-likeness (QED) is 0.736. The van der Waals surface area contributed by atoms with Gasteiger partial charge in [-0.1, -0.05) is 6.42 Å². The van der Waals surface area contributed by atoms with E-state index in [1.807, 2.05) is 11.8 Å². The van der Waals surface area contributed by atoms with Gasteiger partial charge < -0.3 is 9.64 Å². The number of carbonyl (C=O) groups excluding carboxylic acids is 1. The molecule has 0 spiro atoms. The van der Waals surface area contributed by atoms with E-state index in [0.29, 0.717) is 25.4 Å². The van der Waals surface area contributed by atoms with Gasteiger partial charge in [0.1, 0.15) is 5.25 Å². The van der Waals surface area contributed by atoms with Gasteiger partial charge >= 0.3 is 0 Å². The van der Waals surface area contributed by atoms with E-state index >= 15 is 0 Å². The van der Waals surface area contributed by atoms with E-state index in [1.54, 1.807) is 0 Å². The Hall–Kier alpha value is -0.660. The summed E-state index contributed by atoms with van der Waals surface area (Å²) >= 11 is 0. The average molecular weight is 344 g/mol. The minimum Gasteiger partial charge on any atom is -0.381 e. The number of hydrogen-bond donors (Lipinski definition) is 0. The molecule has 0 aromatic heterocycles. The molecule has 0 N–H and O–H groups in total. The summed E-state index contributed by atoms with van der Waals surface area (Å²) in [5.74, 6) is 0.00337. The molecule has 2 atom stereocenters. The summed E-state index contributed by atoms with van der Waals surface area (Å²) in [6.45, 7) is 6.00. The lowest BCUT2D eigenvalue weighted by molar-refractivity contribution is -0.136. The average Bonchev–Trinajstić information content (AvgIpc) is 2.54. The van der Waals surface area contributed by atoms with Crippen molar-refractivity contribution in [1.82, 2.24) is 9.80 Å². The lowest BCUT2D eigenvalue weighted by Crippen LogP contribution is -2.59. The lowest BCUT2D eigenvalue weighted by atomic mass is 10.0. The van der Waals surface area contributed by atoms with Crippen molar-refractivity contribution >= 4 is 15.7 Å². The summed E-state index contributed by atoms with van der Waals surface area (Å²) in [4.78, 5) is 17.0. The van der Waals surface area contributed by atoms with Crippen molar-refractivity contribution in [3.63, 3.8) is 0 Å². The fourth-order valence-corrected chi connectivity index (χ4v) is 5.97. The normalized spacial score (nSPS) is 33.5. The van der Waals surface area contributed by atoms with Crippen LogP contribution in [0.15, 0.2) is 0 Å². The van der Waals surface area contributed by atoms with Gasteiger partial charge in [0, 0.05) is 44.9 Å². The second-order valence-electron chi connectivity index (χ2n) is 7.07. The van der Waals surface area contributed by atoms with Crippen LogP contribution in [0.3, 0.4) is 0 Å². The third kappa shape index (κ3) is 3.72. The van der Waals surface area contributed by atoms with Crippen LogP contribution in [0.5, 0.6) is 0 Å². The van der Waals surface area contributed by atoms with E-state index in [9.17, 15) is 13.2 Å². The SMILES string of the molecule is C[C@H]1CN(C2CCOCC2)CCN1C(=O)C1CCCCS1(=O)=O. The van der Waals surface area contributed by atoms with Crippen molar-refractivity contribution in [3.8, 4) is 0 Å². The Bertz CT molecular complexity index is 530. The van der Waals surface area contributed by atoms with E-state index in [0.717, 1.165) is 45.6 Å². The first kappa shape index (κ1) is 17.2. The largest absolute Gasteiger partial charge is 0.381 e. The zero-order valence-electron chi connectivity index (χ0n) is 13.9. The monoisotopic (exact) mass is 344 g/mol. The molecular formula is C16H28N2O4S. The highest BCUT2D eigenvalue weighted by Crippen LogP contribution is 2.25. The number of amides is 1. The number of rotatable bonds is 2. The second kappa shape index (κ2) is 7.07. The minimum absolute atomic E-state index is 0.0798. The smallest absolute Gasteiger partial charge is 0.241 e. The van der Waals surface area contributed by atoms with Crippen LogP contribution in [-0.2, 0) is 19.4 Å². The number of carbonyl (C=O) groups is 1. The van der Waals surface area contributed by atoms with Gasteiger partial charge in [-0.15, -0.1) is 0 Å². The fraction of sp³-hybridized carbons (Fsp3) is 0.938. The Morgan fingerprint density at radius 1 is 1.09 bits per heavy atom. The molecule has 3 aliphatic heterocycles. The summed E-state index contributed by atoms with van der Waals surface area (Å²) < 4.78 is 29.8. The number of hydrogen-bond acceptors (Lipinski definition) is 5. The minimum atomic E-state index is -3.25. The number of sulfone groups is 1. The Kier molecular flexibility index (Phi) is 5.28. The van der Waals surface area contributed by atoms with Crippen LogP contribution in [0.1, 0.15) is 39.0 Å². The first-order chi connectivity index (χ1) is 11.0. The maximum Gasteiger partial charge on any atom is 0.241 e. The third-order valence-electron chi connectivity index (χ3n) is 5.50. The van der Waals surface area contributed by atoms with Gasteiger partial charge in [-0.2, -0.15) is 0 Å². The molecule has 3 aliphatic rings. The Labute approximate surface area is 139 Å². The van der Waals surface area contributed by atoms with Gasteiger partial charge in [-0.05, 0) is 32.6 Å². The van der Waals surface area contributed by atoms with Crippen molar-refractivity contribution in [3.05, 3.63) is 0 Å². The molecule has 0 aromatic rings. The van der Waals surface area contributed by atoms with E-state index in [-0.39, 0.29) is 17.7 Å². The highest BCUT2D eigenvalue weighted by Gasteiger charge is 2.40. The number of nitrogens with zero attached hydrogens (tertiary/aromatic N) is 2. The molecular weight excluding hydrogens is 316 g/mol. The van der Waals surface area contributed by atoms with E-state index in [4.69, 9.17) is 4.74 Å². The van der Waals surface area contributed by atoms with Crippen LogP contribution in [-0.4, -0.2) is 80.1 Å². The molecule has 3 fully saturated rings. The highest BCUT2D eigenvalue weighted by atomic mass is 32.2. The molecule has 7 heteroatoms. The van der Waals surface area contributed by atoms with Gasteiger partial charge in [-0.3, -0.25) is 9.69 Å². The molecule has 0 aliphatic carbocycles.